The molecule has 0 unspecified atom stereocenters. The maximum absolute atomic E-state index is 11.8. The number of nitrogens with two attached hydrogens (primary N) is 1. The summed E-state index contributed by atoms with van der Waals surface area (Å²) in [5, 5.41) is 3.50. The molecule has 0 aromatic heterocycles. The number of hydrogen-bond donors (Lipinski definition) is 2. The first-order chi connectivity index (χ1) is 8.50. The van der Waals surface area contributed by atoms with Crippen LogP contribution in [-0.4, -0.2) is 18.0 Å². The topological polar surface area (TPSA) is 55.1 Å². The molecule has 1 aromatic rings. The summed E-state index contributed by atoms with van der Waals surface area (Å²) in [5.74, 6) is -0.0418. The van der Waals surface area contributed by atoms with E-state index in [9.17, 15) is 4.79 Å². The molecular formula is C14H21ClN2O. The van der Waals surface area contributed by atoms with Gasteiger partial charge >= 0.3 is 0 Å². The number of rotatable bonds is 6. The Hall–Kier alpha value is -1.06. The fourth-order valence-corrected chi connectivity index (χ4v) is 1.85. The molecule has 0 spiro atoms. The number of carbonyl (C=O) groups excluding carboxylic acids is 1. The van der Waals surface area contributed by atoms with Crippen LogP contribution >= 0.6 is 11.6 Å². The third-order valence-electron chi connectivity index (χ3n) is 3.35. The van der Waals surface area contributed by atoms with E-state index in [0.29, 0.717) is 18.0 Å². The quantitative estimate of drug-likeness (QED) is 0.833. The molecule has 4 heteroatoms. The first-order valence-corrected chi connectivity index (χ1v) is 6.67. The van der Waals surface area contributed by atoms with Gasteiger partial charge in [0.25, 0.3) is 0 Å². The minimum atomic E-state index is -0.309. The lowest BCUT2D eigenvalue weighted by molar-refractivity contribution is -0.120. The Morgan fingerprint density at radius 3 is 2.50 bits per heavy atom. The van der Waals surface area contributed by atoms with Gasteiger partial charge in [-0.3, -0.25) is 4.79 Å². The molecule has 0 saturated heterocycles. The van der Waals surface area contributed by atoms with Crippen LogP contribution < -0.4 is 11.1 Å². The average molecular weight is 269 g/mol. The maximum atomic E-state index is 11.8. The van der Waals surface area contributed by atoms with E-state index in [4.69, 9.17) is 17.3 Å². The van der Waals surface area contributed by atoms with Crippen LogP contribution in [-0.2, 0) is 11.2 Å². The van der Waals surface area contributed by atoms with Gasteiger partial charge in [0.15, 0.2) is 0 Å². The smallest absolute Gasteiger partial charge is 0.224 e. The Bertz CT molecular complexity index is 403. The largest absolute Gasteiger partial charge is 0.354 e. The zero-order chi connectivity index (χ0) is 13.6. The van der Waals surface area contributed by atoms with Crippen LogP contribution in [0, 0.1) is 0 Å². The number of halogens is 1. The minimum Gasteiger partial charge on any atom is -0.354 e. The lowest BCUT2D eigenvalue weighted by Crippen LogP contribution is -2.49. The highest BCUT2D eigenvalue weighted by Gasteiger charge is 2.20. The number of nitrogens with one attached hydrogen (secondary N) is 1. The van der Waals surface area contributed by atoms with Crippen molar-refractivity contribution in [3.05, 3.63) is 34.9 Å². The van der Waals surface area contributed by atoms with Crippen molar-refractivity contribution in [3.63, 3.8) is 0 Å². The second-order valence-electron chi connectivity index (χ2n) is 4.61. The molecule has 0 atom stereocenters. The van der Waals surface area contributed by atoms with Crippen molar-refractivity contribution in [3.8, 4) is 0 Å². The summed E-state index contributed by atoms with van der Waals surface area (Å²) in [6.45, 7) is 4.57. The SMILES string of the molecule is CCC(N)(CC)CNC(=O)Cc1ccccc1Cl. The molecule has 100 valence electrons. The van der Waals surface area contributed by atoms with Crippen molar-refractivity contribution in [1.29, 1.82) is 0 Å². The van der Waals surface area contributed by atoms with E-state index in [1.807, 2.05) is 32.0 Å². The van der Waals surface area contributed by atoms with E-state index in [1.54, 1.807) is 6.07 Å². The average Bonchev–Trinajstić information content (AvgIpc) is 2.39. The van der Waals surface area contributed by atoms with E-state index in [2.05, 4.69) is 5.32 Å². The first kappa shape index (κ1) is 15.0. The molecule has 0 aliphatic heterocycles. The minimum absolute atomic E-state index is 0.0418. The molecule has 0 bridgehead atoms. The molecule has 1 aromatic carbocycles. The standard InChI is InChI=1S/C14H21ClN2O/c1-3-14(16,4-2)10-17-13(18)9-11-7-5-6-8-12(11)15/h5-8H,3-4,9-10,16H2,1-2H3,(H,17,18). The molecule has 0 saturated carbocycles. The Balaban J connectivity index is 2.50. The third kappa shape index (κ3) is 4.31. The number of amides is 1. The monoisotopic (exact) mass is 268 g/mol. The van der Waals surface area contributed by atoms with Crippen LogP contribution in [0.5, 0.6) is 0 Å². The molecule has 0 radical (unpaired) electrons. The lowest BCUT2D eigenvalue weighted by atomic mass is 9.94. The van der Waals surface area contributed by atoms with Crippen LogP contribution in [0.2, 0.25) is 5.02 Å². The predicted octanol–water partition coefficient (Wildman–Crippen LogP) is 2.52. The summed E-state index contributed by atoms with van der Waals surface area (Å²) < 4.78 is 0. The van der Waals surface area contributed by atoms with Gasteiger partial charge in [-0.25, -0.2) is 0 Å². The molecule has 0 heterocycles. The number of hydrogen-bond acceptors (Lipinski definition) is 2. The van der Waals surface area contributed by atoms with Gasteiger partial charge in [0, 0.05) is 17.1 Å². The van der Waals surface area contributed by atoms with Gasteiger partial charge in [0.1, 0.15) is 0 Å². The van der Waals surface area contributed by atoms with Crippen molar-refractivity contribution in [2.45, 2.75) is 38.6 Å². The summed E-state index contributed by atoms with van der Waals surface area (Å²) in [7, 11) is 0. The fourth-order valence-electron chi connectivity index (χ4n) is 1.65. The Morgan fingerprint density at radius 2 is 1.94 bits per heavy atom. The van der Waals surface area contributed by atoms with Gasteiger partial charge in [0.2, 0.25) is 5.91 Å². The summed E-state index contributed by atoms with van der Waals surface area (Å²) >= 11 is 6.01. The molecule has 0 aliphatic carbocycles. The summed E-state index contributed by atoms with van der Waals surface area (Å²) in [6.07, 6.45) is 1.98. The molecule has 18 heavy (non-hydrogen) atoms. The van der Waals surface area contributed by atoms with Crippen LogP contribution in [0.1, 0.15) is 32.3 Å². The van der Waals surface area contributed by atoms with Gasteiger partial charge in [0.05, 0.1) is 6.42 Å². The number of benzene rings is 1. The highest BCUT2D eigenvalue weighted by Crippen LogP contribution is 2.15. The van der Waals surface area contributed by atoms with Crippen molar-refractivity contribution >= 4 is 17.5 Å². The van der Waals surface area contributed by atoms with Crippen LogP contribution in [0.15, 0.2) is 24.3 Å². The predicted molar refractivity (Wildman–Crippen MR) is 75.7 cm³/mol. The van der Waals surface area contributed by atoms with Crippen LogP contribution in [0.25, 0.3) is 0 Å². The number of carbonyl (C=O) groups is 1. The first-order valence-electron chi connectivity index (χ1n) is 6.29. The molecule has 3 N–H and O–H groups in total. The lowest BCUT2D eigenvalue weighted by Gasteiger charge is -2.26. The van der Waals surface area contributed by atoms with E-state index in [0.717, 1.165) is 18.4 Å². The van der Waals surface area contributed by atoms with Crippen LogP contribution in [0.3, 0.4) is 0 Å². The van der Waals surface area contributed by atoms with E-state index >= 15 is 0 Å². The highest BCUT2D eigenvalue weighted by atomic mass is 35.5. The normalized spacial score (nSPS) is 11.3. The van der Waals surface area contributed by atoms with Crippen molar-refractivity contribution in [2.75, 3.05) is 6.54 Å². The van der Waals surface area contributed by atoms with Gasteiger partial charge in [-0.15, -0.1) is 0 Å². The summed E-state index contributed by atoms with van der Waals surface area (Å²) in [5.41, 5.74) is 6.66. The van der Waals surface area contributed by atoms with Crippen molar-refractivity contribution in [1.82, 2.24) is 5.32 Å². The van der Waals surface area contributed by atoms with Gasteiger partial charge in [-0.2, -0.15) is 0 Å². The second-order valence-corrected chi connectivity index (χ2v) is 5.02. The fraction of sp³-hybridized carbons (Fsp3) is 0.500. The van der Waals surface area contributed by atoms with Gasteiger partial charge in [-0.05, 0) is 24.5 Å². The maximum Gasteiger partial charge on any atom is 0.224 e. The second kappa shape index (κ2) is 6.76. The van der Waals surface area contributed by atoms with Gasteiger partial charge in [-0.1, -0.05) is 43.6 Å². The molecule has 1 amide bonds. The van der Waals surface area contributed by atoms with Crippen LogP contribution in [0.4, 0.5) is 0 Å². The zero-order valence-corrected chi connectivity index (χ0v) is 11.8. The molecular weight excluding hydrogens is 248 g/mol. The third-order valence-corrected chi connectivity index (χ3v) is 3.72. The molecule has 0 aliphatic rings. The summed E-state index contributed by atoms with van der Waals surface area (Å²) in [4.78, 5) is 11.8. The van der Waals surface area contributed by atoms with Gasteiger partial charge < -0.3 is 11.1 Å². The Kier molecular flexibility index (Phi) is 5.63. The molecule has 0 fully saturated rings. The zero-order valence-electron chi connectivity index (χ0n) is 11.0. The van der Waals surface area contributed by atoms with Crippen molar-refractivity contribution < 1.29 is 4.79 Å². The molecule has 3 nitrogen and oxygen atoms in total. The Labute approximate surface area is 114 Å². The van der Waals surface area contributed by atoms with E-state index in [-0.39, 0.29) is 11.4 Å². The summed E-state index contributed by atoms with van der Waals surface area (Å²) in [6, 6.07) is 7.37. The van der Waals surface area contributed by atoms with E-state index < -0.39 is 0 Å². The van der Waals surface area contributed by atoms with Crippen molar-refractivity contribution in [2.24, 2.45) is 5.73 Å². The van der Waals surface area contributed by atoms with E-state index in [1.165, 1.54) is 0 Å². The molecule has 1 rings (SSSR count). The highest BCUT2D eigenvalue weighted by molar-refractivity contribution is 6.31. The Morgan fingerprint density at radius 1 is 1.33 bits per heavy atom.